The normalized spacial score (nSPS) is 26.9. The number of rotatable bonds is 3. The summed E-state index contributed by atoms with van der Waals surface area (Å²) in [5.41, 5.74) is 1.38. The number of alkyl halides is 1. The Kier molecular flexibility index (Phi) is 4.45. The van der Waals surface area contributed by atoms with Crippen molar-refractivity contribution in [3.63, 3.8) is 0 Å². The molecule has 1 aromatic rings. The first-order chi connectivity index (χ1) is 7.65. The van der Waals surface area contributed by atoms with Gasteiger partial charge < -0.3 is 4.74 Å². The summed E-state index contributed by atoms with van der Waals surface area (Å²) in [7, 11) is 0. The van der Waals surface area contributed by atoms with Gasteiger partial charge in [0, 0.05) is 9.30 Å². The Bertz CT molecular complexity index is 336. The van der Waals surface area contributed by atoms with E-state index in [1.807, 2.05) is 0 Å². The first-order valence-corrected chi connectivity index (χ1v) is 7.36. The second-order valence-corrected chi connectivity index (χ2v) is 6.58. The van der Waals surface area contributed by atoms with E-state index >= 15 is 0 Å². The van der Waals surface area contributed by atoms with Crippen LogP contribution in [0.25, 0.3) is 0 Å². The van der Waals surface area contributed by atoms with E-state index in [-0.39, 0.29) is 0 Å². The fraction of sp³-hybridized carbons (Fsp3) is 0.538. The lowest BCUT2D eigenvalue weighted by Gasteiger charge is -2.15. The molecule has 3 atom stereocenters. The number of hydrogen-bond acceptors (Lipinski definition) is 1. The lowest BCUT2D eigenvalue weighted by Crippen LogP contribution is -2.17. The average molecular weight is 348 g/mol. The van der Waals surface area contributed by atoms with E-state index in [1.165, 1.54) is 12.0 Å². The maximum atomic E-state index is 5.61. The van der Waals surface area contributed by atoms with Crippen LogP contribution in [0, 0.1) is 5.92 Å². The van der Waals surface area contributed by atoms with Gasteiger partial charge in [-0.25, -0.2) is 0 Å². The highest BCUT2D eigenvalue weighted by atomic mass is 79.9. The van der Waals surface area contributed by atoms with Crippen molar-refractivity contribution in [2.75, 3.05) is 6.61 Å². The molecule has 0 radical (unpaired) electrons. The standard InChI is InChI=1S/C13H16Br2O/c1-9-6-11(8-16-9)13(15)7-10-2-4-12(14)5-3-10/h2-5,9,11,13H,6-8H2,1H3. The summed E-state index contributed by atoms with van der Waals surface area (Å²) >= 11 is 7.25. The van der Waals surface area contributed by atoms with Gasteiger partial charge in [0.2, 0.25) is 0 Å². The Balaban J connectivity index is 1.91. The van der Waals surface area contributed by atoms with Gasteiger partial charge in [0.25, 0.3) is 0 Å². The van der Waals surface area contributed by atoms with Crippen molar-refractivity contribution in [3.8, 4) is 0 Å². The summed E-state index contributed by atoms with van der Waals surface area (Å²) in [5, 5.41) is 0. The maximum Gasteiger partial charge on any atom is 0.0551 e. The van der Waals surface area contributed by atoms with Gasteiger partial charge >= 0.3 is 0 Å². The van der Waals surface area contributed by atoms with Crippen molar-refractivity contribution in [3.05, 3.63) is 34.3 Å². The minimum atomic E-state index is 0.426. The van der Waals surface area contributed by atoms with Crippen LogP contribution in [0.2, 0.25) is 0 Å². The molecular formula is C13H16Br2O. The van der Waals surface area contributed by atoms with Gasteiger partial charge in [0.05, 0.1) is 12.7 Å². The van der Waals surface area contributed by atoms with E-state index in [0.717, 1.165) is 17.5 Å². The Labute approximate surface area is 114 Å². The first-order valence-electron chi connectivity index (χ1n) is 5.65. The molecule has 0 spiro atoms. The fourth-order valence-corrected chi connectivity index (χ4v) is 3.12. The van der Waals surface area contributed by atoms with Crippen molar-refractivity contribution >= 4 is 31.9 Å². The highest BCUT2D eigenvalue weighted by molar-refractivity contribution is 9.10. The molecule has 16 heavy (non-hydrogen) atoms. The quantitative estimate of drug-likeness (QED) is 0.745. The van der Waals surface area contributed by atoms with Gasteiger partial charge in [-0.05, 0) is 43.4 Å². The topological polar surface area (TPSA) is 9.23 Å². The molecule has 88 valence electrons. The third-order valence-corrected chi connectivity index (χ3v) is 4.69. The Morgan fingerprint density at radius 2 is 2.06 bits per heavy atom. The molecule has 3 heteroatoms. The molecule has 1 heterocycles. The monoisotopic (exact) mass is 346 g/mol. The summed E-state index contributed by atoms with van der Waals surface area (Å²) in [4.78, 5) is 0.527. The average Bonchev–Trinajstić information content (AvgIpc) is 2.68. The van der Waals surface area contributed by atoms with Crippen LogP contribution < -0.4 is 0 Å². The minimum Gasteiger partial charge on any atom is -0.378 e. The van der Waals surface area contributed by atoms with Gasteiger partial charge in [-0.1, -0.05) is 44.0 Å². The summed E-state index contributed by atoms with van der Waals surface area (Å²) in [6, 6.07) is 8.56. The van der Waals surface area contributed by atoms with Crippen LogP contribution in [0.5, 0.6) is 0 Å². The fourth-order valence-electron chi connectivity index (χ4n) is 2.11. The molecule has 1 aromatic carbocycles. The number of benzene rings is 1. The lowest BCUT2D eigenvalue weighted by molar-refractivity contribution is 0.120. The third-order valence-electron chi connectivity index (χ3n) is 3.08. The summed E-state index contributed by atoms with van der Waals surface area (Å²) < 4.78 is 6.74. The van der Waals surface area contributed by atoms with E-state index in [2.05, 4.69) is 63.0 Å². The molecule has 1 aliphatic rings. The predicted octanol–water partition coefficient (Wildman–Crippen LogP) is 4.18. The SMILES string of the molecule is CC1CC(C(Br)Cc2ccc(Br)cc2)CO1. The van der Waals surface area contributed by atoms with Crippen LogP contribution in [-0.2, 0) is 11.2 Å². The molecule has 1 nitrogen and oxygen atoms in total. The molecule has 1 fully saturated rings. The molecule has 2 rings (SSSR count). The Morgan fingerprint density at radius 1 is 1.38 bits per heavy atom. The highest BCUT2D eigenvalue weighted by Gasteiger charge is 2.27. The zero-order valence-corrected chi connectivity index (χ0v) is 12.5. The molecule has 0 amide bonds. The molecule has 0 aliphatic carbocycles. The molecule has 0 aromatic heterocycles. The first kappa shape index (κ1) is 12.6. The van der Waals surface area contributed by atoms with Crippen molar-refractivity contribution < 1.29 is 4.74 Å². The van der Waals surface area contributed by atoms with E-state index < -0.39 is 0 Å². The molecule has 0 saturated carbocycles. The molecular weight excluding hydrogens is 332 g/mol. The van der Waals surface area contributed by atoms with Crippen LogP contribution in [0.4, 0.5) is 0 Å². The Hall–Kier alpha value is 0.140. The summed E-state index contributed by atoms with van der Waals surface area (Å²) in [6.45, 7) is 3.05. The second-order valence-electron chi connectivity index (χ2n) is 4.49. The van der Waals surface area contributed by atoms with Crippen molar-refractivity contribution in [1.82, 2.24) is 0 Å². The van der Waals surface area contributed by atoms with Crippen molar-refractivity contribution in [1.29, 1.82) is 0 Å². The van der Waals surface area contributed by atoms with Crippen molar-refractivity contribution in [2.24, 2.45) is 5.92 Å². The molecule has 0 bridgehead atoms. The maximum absolute atomic E-state index is 5.61. The largest absolute Gasteiger partial charge is 0.378 e. The van der Waals surface area contributed by atoms with Gasteiger partial charge in [-0.15, -0.1) is 0 Å². The van der Waals surface area contributed by atoms with Gasteiger partial charge in [0.15, 0.2) is 0 Å². The lowest BCUT2D eigenvalue weighted by atomic mass is 9.97. The van der Waals surface area contributed by atoms with E-state index in [9.17, 15) is 0 Å². The van der Waals surface area contributed by atoms with Gasteiger partial charge in [0.1, 0.15) is 0 Å². The number of ether oxygens (including phenoxy) is 1. The zero-order chi connectivity index (χ0) is 11.5. The van der Waals surface area contributed by atoms with Crippen LogP contribution in [0.1, 0.15) is 18.9 Å². The van der Waals surface area contributed by atoms with Crippen LogP contribution >= 0.6 is 31.9 Å². The van der Waals surface area contributed by atoms with E-state index in [1.54, 1.807) is 0 Å². The van der Waals surface area contributed by atoms with Crippen LogP contribution in [-0.4, -0.2) is 17.5 Å². The minimum absolute atomic E-state index is 0.426. The molecule has 1 saturated heterocycles. The number of hydrogen-bond donors (Lipinski definition) is 0. The molecule has 3 unspecified atom stereocenters. The van der Waals surface area contributed by atoms with E-state index in [4.69, 9.17) is 4.74 Å². The summed E-state index contributed by atoms with van der Waals surface area (Å²) in [5.74, 6) is 0.652. The Morgan fingerprint density at radius 3 is 2.62 bits per heavy atom. The molecule has 1 aliphatic heterocycles. The highest BCUT2D eigenvalue weighted by Crippen LogP contribution is 2.29. The second kappa shape index (κ2) is 5.65. The summed E-state index contributed by atoms with van der Waals surface area (Å²) in [6.07, 6.45) is 2.68. The smallest absolute Gasteiger partial charge is 0.0551 e. The van der Waals surface area contributed by atoms with Gasteiger partial charge in [-0.3, -0.25) is 0 Å². The van der Waals surface area contributed by atoms with Crippen molar-refractivity contribution in [2.45, 2.75) is 30.7 Å². The predicted molar refractivity (Wildman–Crippen MR) is 74.1 cm³/mol. The third kappa shape index (κ3) is 3.31. The van der Waals surface area contributed by atoms with Crippen LogP contribution in [0.3, 0.4) is 0 Å². The van der Waals surface area contributed by atoms with E-state index in [0.29, 0.717) is 16.8 Å². The zero-order valence-electron chi connectivity index (χ0n) is 9.33. The van der Waals surface area contributed by atoms with Crippen LogP contribution in [0.15, 0.2) is 28.7 Å². The number of halogens is 2. The van der Waals surface area contributed by atoms with Gasteiger partial charge in [-0.2, -0.15) is 0 Å². The molecule has 0 N–H and O–H groups in total.